The normalized spacial score (nSPS) is 11.2. The Morgan fingerprint density at radius 1 is 0.769 bits per heavy atom. The minimum atomic E-state index is -0.494. The van der Waals surface area contributed by atoms with Crippen molar-refractivity contribution in [2.75, 3.05) is 24.3 Å². The molecule has 0 unspecified atom stereocenters. The highest BCUT2D eigenvalue weighted by molar-refractivity contribution is 6.11. The number of hydrogen-bond acceptors (Lipinski definition) is 5. The van der Waals surface area contributed by atoms with Crippen molar-refractivity contribution in [3.05, 3.63) is 137 Å². The summed E-state index contributed by atoms with van der Waals surface area (Å²) >= 11 is 0. The van der Waals surface area contributed by atoms with Crippen LogP contribution in [-0.2, 0) is 4.79 Å². The molecule has 0 saturated carbocycles. The number of benzene rings is 3. The van der Waals surface area contributed by atoms with Crippen LogP contribution in [0.15, 0.2) is 115 Å². The van der Waals surface area contributed by atoms with E-state index < -0.39 is 11.8 Å². The lowest BCUT2D eigenvalue weighted by Crippen LogP contribution is -2.30. The predicted octanol–water partition coefficient (Wildman–Crippen LogP) is 5.45. The third kappa shape index (κ3) is 7.60. The van der Waals surface area contributed by atoms with E-state index in [1.54, 1.807) is 79.1 Å². The number of ketones is 1. The number of aromatic nitrogens is 1. The monoisotopic (exact) mass is 516 g/mol. The van der Waals surface area contributed by atoms with Gasteiger partial charge in [0.25, 0.3) is 11.8 Å². The lowest BCUT2D eigenvalue weighted by molar-refractivity contribution is -0.113. The fraction of sp³-hybridized carbons (Fsp3) is 0.0625. The van der Waals surface area contributed by atoms with Crippen LogP contribution in [0.2, 0.25) is 0 Å². The second kappa shape index (κ2) is 12.8. The first-order valence-corrected chi connectivity index (χ1v) is 12.3. The molecule has 1 aromatic heterocycles. The molecule has 7 heteroatoms. The molecule has 2 amide bonds. The average molecular weight is 517 g/mol. The maximum atomic E-state index is 13.3. The Balaban J connectivity index is 1.51. The van der Waals surface area contributed by atoms with Crippen LogP contribution in [0.3, 0.4) is 0 Å². The number of rotatable bonds is 9. The third-order valence-corrected chi connectivity index (χ3v) is 5.79. The molecule has 194 valence electrons. The van der Waals surface area contributed by atoms with E-state index in [0.29, 0.717) is 16.8 Å². The van der Waals surface area contributed by atoms with Gasteiger partial charge in [-0.25, -0.2) is 0 Å². The number of nitrogens with one attached hydrogen (secondary N) is 2. The molecule has 3 aromatic carbocycles. The van der Waals surface area contributed by atoms with Gasteiger partial charge in [-0.2, -0.15) is 0 Å². The third-order valence-electron chi connectivity index (χ3n) is 5.79. The molecule has 0 bridgehead atoms. The van der Waals surface area contributed by atoms with E-state index >= 15 is 0 Å². The van der Waals surface area contributed by atoms with Gasteiger partial charge in [0, 0.05) is 49.0 Å². The number of allylic oxidation sites excluding steroid dienone is 1. The summed E-state index contributed by atoms with van der Waals surface area (Å²) < 4.78 is 0. The first kappa shape index (κ1) is 26.8. The van der Waals surface area contributed by atoms with Crippen LogP contribution in [0.1, 0.15) is 31.8 Å². The van der Waals surface area contributed by atoms with Gasteiger partial charge in [0.2, 0.25) is 0 Å². The number of amides is 2. The summed E-state index contributed by atoms with van der Waals surface area (Å²) in [6.45, 7) is 0. The lowest BCUT2D eigenvalue weighted by Gasteiger charge is -2.13. The van der Waals surface area contributed by atoms with Crippen LogP contribution in [0, 0.1) is 0 Å². The smallest absolute Gasteiger partial charge is 0.272 e. The molecule has 0 aliphatic heterocycles. The number of carbonyl (C=O) groups excluding carboxylic acids is 3. The van der Waals surface area contributed by atoms with Gasteiger partial charge < -0.3 is 15.5 Å². The zero-order valence-electron chi connectivity index (χ0n) is 21.7. The van der Waals surface area contributed by atoms with E-state index in [1.165, 1.54) is 6.08 Å². The van der Waals surface area contributed by atoms with Gasteiger partial charge in [-0.15, -0.1) is 0 Å². The van der Waals surface area contributed by atoms with E-state index in [-0.39, 0.29) is 11.5 Å². The van der Waals surface area contributed by atoms with Gasteiger partial charge in [-0.1, -0.05) is 36.4 Å². The Hall–Kier alpha value is -5.30. The highest BCUT2D eigenvalue weighted by atomic mass is 16.2. The molecule has 4 aromatic rings. The standard InChI is InChI=1S/C32H28N4O3/c1-36(2)28-17-10-23(11-18-28)21-29(35-31(38)26-8-4-3-5-9-26)32(39)34-27-15-13-25(14-16-27)30(37)19-12-24-7-6-20-33-22-24/h3-22H,1-2H3,(H,34,39)(H,35,38)/b19-12+,29-21-. The largest absolute Gasteiger partial charge is 0.378 e. The fourth-order valence-corrected chi connectivity index (χ4v) is 3.64. The van der Waals surface area contributed by atoms with Crippen molar-refractivity contribution in [2.24, 2.45) is 0 Å². The van der Waals surface area contributed by atoms with E-state index in [0.717, 1.165) is 16.8 Å². The fourth-order valence-electron chi connectivity index (χ4n) is 3.64. The molecule has 0 radical (unpaired) electrons. The maximum Gasteiger partial charge on any atom is 0.272 e. The molecule has 2 N–H and O–H groups in total. The minimum absolute atomic E-state index is 0.0843. The molecule has 0 spiro atoms. The second-order valence-corrected chi connectivity index (χ2v) is 8.88. The van der Waals surface area contributed by atoms with E-state index in [4.69, 9.17) is 0 Å². The molecular weight excluding hydrogens is 488 g/mol. The van der Waals surface area contributed by atoms with Gasteiger partial charge in [-0.05, 0) is 84.0 Å². The molecule has 0 aliphatic carbocycles. The Morgan fingerprint density at radius 3 is 2.13 bits per heavy atom. The average Bonchev–Trinajstić information content (AvgIpc) is 2.97. The number of pyridine rings is 1. The van der Waals surface area contributed by atoms with Crippen LogP contribution < -0.4 is 15.5 Å². The van der Waals surface area contributed by atoms with Crippen molar-refractivity contribution >= 4 is 41.1 Å². The molecule has 7 nitrogen and oxygen atoms in total. The minimum Gasteiger partial charge on any atom is -0.378 e. The first-order chi connectivity index (χ1) is 18.9. The highest BCUT2D eigenvalue weighted by Crippen LogP contribution is 2.17. The Bertz CT molecular complexity index is 1490. The first-order valence-electron chi connectivity index (χ1n) is 12.3. The summed E-state index contributed by atoms with van der Waals surface area (Å²) in [4.78, 5) is 44.6. The van der Waals surface area contributed by atoms with Crippen LogP contribution in [0.4, 0.5) is 11.4 Å². The van der Waals surface area contributed by atoms with Crippen molar-refractivity contribution in [2.45, 2.75) is 0 Å². The summed E-state index contributed by atoms with van der Waals surface area (Å²) in [7, 11) is 3.89. The molecular formula is C32H28N4O3. The van der Waals surface area contributed by atoms with Gasteiger partial charge >= 0.3 is 0 Å². The van der Waals surface area contributed by atoms with E-state index in [1.807, 2.05) is 55.4 Å². The second-order valence-electron chi connectivity index (χ2n) is 8.88. The molecule has 0 aliphatic rings. The van der Waals surface area contributed by atoms with Crippen molar-refractivity contribution in [1.29, 1.82) is 0 Å². The lowest BCUT2D eigenvalue weighted by atomic mass is 10.1. The molecule has 39 heavy (non-hydrogen) atoms. The Kier molecular flexibility index (Phi) is 8.77. The Morgan fingerprint density at radius 2 is 1.49 bits per heavy atom. The highest BCUT2D eigenvalue weighted by Gasteiger charge is 2.15. The number of hydrogen-bond donors (Lipinski definition) is 2. The number of nitrogens with zero attached hydrogens (tertiary/aromatic N) is 2. The summed E-state index contributed by atoms with van der Waals surface area (Å²) in [5.74, 6) is -1.07. The topological polar surface area (TPSA) is 91.4 Å². The molecule has 4 rings (SSSR count). The van der Waals surface area contributed by atoms with Crippen molar-refractivity contribution in [3.8, 4) is 0 Å². The molecule has 0 atom stereocenters. The van der Waals surface area contributed by atoms with E-state index in [9.17, 15) is 14.4 Å². The summed E-state index contributed by atoms with van der Waals surface area (Å²) in [6.07, 6.45) is 8.13. The van der Waals surface area contributed by atoms with Gasteiger partial charge in [0.15, 0.2) is 5.78 Å². The number of carbonyl (C=O) groups is 3. The summed E-state index contributed by atoms with van der Waals surface area (Å²) in [6, 6.07) is 26.5. The number of anilines is 2. The molecule has 0 saturated heterocycles. The van der Waals surface area contributed by atoms with Crippen LogP contribution in [-0.4, -0.2) is 36.7 Å². The van der Waals surface area contributed by atoms with Crippen molar-refractivity contribution in [1.82, 2.24) is 10.3 Å². The van der Waals surface area contributed by atoms with Crippen LogP contribution in [0.5, 0.6) is 0 Å². The van der Waals surface area contributed by atoms with Gasteiger partial charge in [0.05, 0.1) is 0 Å². The van der Waals surface area contributed by atoms with Gasteiger partial charge in [-0.3, -0.25) is 19.4 Å². The predicted molar refractivity (Wildman–Crippen MR) is 155 cm³/mol. The zero-order chi connectivity index (χ0) is 27.6. The quantitative estimate of drug-likeness (QED) is 0.228. The SMILES string of the molecule is CN(C)c1ccc(/C=C(\NC(=O)c2ccccc2)C(=O)Nc2ccc(C(=O)/C=C/c3cccnc3)cc2)cc1. The maximum absolute atomic E-state index is 13.3. The Labute approximate surface area is 227 Å². The van der Waals surface area contributed by atoms with Crippen molar-refractivity contribution in [3.63, 3.8) is 0 Å². The van der Waals surface area contributed by atoms with Crippen LogP contribution >= 0.6 is 0 Å². The summed E-state index contributed by atoms with van der Waals surface area (Å²) in [5, 5.41) is 5.54. The van der Waals surface area contributed by atoms with Gasteiger partial charge in [0.1, 0.15) is 5.70 Å². The summed E-state index contributed by atoms with van der Waals surface area (Å²) in [5.41, 5.74) is 4.06. The van der Waals surface area contributed by atoms with Crippen molar-refractivity contribution < 1.29 is 14.4 Å². The van der Waals surface area contributed by atoms with E-state index in [2.05, 4.69) is 15.6 Å². The zero-order valence-corrected chi connectivity index (χ0v) is 21.7. The van der Waals surface area contributed by atoms with Crippen LogP contribution in [0.25, 0.3) is 12.2 Å². The molecule has 0 fully saturated rings. The molecule has 1 heterocycles.